The van der Waals surface area contributed by atoms with Crippen molar-refractivity contribution >= 4 is 5.97 Å². The maximum absolute atomic E-state index is 12.9. The van der Waals surface area contributed by atoms with Gasteiger partial charge in [-0.1, -0.05) is 31.5 Å². The zero-order valence-electron chi connectivity index (χ0n) is 18.9. The zero-order chi connectivity index (χ0) is 24.7. The third kappa shape index (κ3) is 6.73. The lowest BCUT2D eigenvalue weighted by Crippen LogP contribution is -2.11. The van der Waals surface area contributed by atoms with Gasteiger partial charge in [-0.15, -0.1) is 0 Å². The van der Waals surface area contributed by atoms with Crippen molar-refractivity contribution in [3.05, 3.63) is 77.5 Å². The first kappa shape index (κ1) is 25.1. The lowest BCUT2D eigenvalue weighted by molar-refractivity contribution is -0.139. The monoisotopic (exact) mass is 473 g/mol. The number of alkyl halides is 3. The minimum absolute atomic E-state index is 0.362. The van der Waals surface area contributed by atoms with Gasteiger partial charge in [-0.2, -0.15) is 13.2 Å². The van der Waals surface area contributed by atoms with Crippen molar-refractivity contribution in [2.75, 3.05) is 6.61 Å². The maximum Gasteiger partial charge on any atom is 0.416 e. The predicted molar refractivity (Wildman–Crippen MR) is 122 cm³/mol. The fraction of sp³-hybridized carbons (Fsp3) is 0.308. The van der Waals surface area contributed by atoms with Crippen LogP contribution in [-0.4, -0.2) is 22.7 Å². The number of aromatic nitrogens is 1. The first-order valence-electron chi connectivity index (χ1n) is 10.9. The Balaban J connectivity index is 1.83. The Kier molecular flexibility index (Phi) is 8.15. The van der Waals surface area contributed by atoms with Gasteiger partial charge >= 0.3 is 12.1 Å². The van der Waals surface area contributed by atoms with E-state index in [1.54, 1.807) is 31.2 Å². The van der Waals surface area contributed by atoms with Crippen molar-refractivity contribution in [3.8, 4) is 22.8 Å². The Hall–Kier alpha value is -3.55. The quantitative estimate of drug-likeness (QED) is 0.349. The molecule has 1 aromatic heterocycles. The van der Waals surface area contributed by atoms with E-state index in [9.17, 15) is 18.0 Å². The van der Waals surface area contributed by atoms with Gasteiger partial charge < -0.3 is 14.6 Å². The van der Waals surface area contributed by atoms with Gasteiger partial charge in [-0.3, -0.25) is 0 Å². The molecule has 180 valence electrons. The number of carbonyl (C=O) groups is 1. The number of hydrogen-bond donors (Lipinski definition) is 1. The number of aryl methyl sites for hydroxylation is 1. The molecule has 5 nitrogen and oxygen atoms in total. The smallest absolute Gasteiger partial charge is 0.416 e. The highest BCUT2D eigenvalue weighted by Gasteiger charge is 2.30. The highest BCUT2D eigenvalue weighted by atomic mass is 19.4. The maximum atomic E-state index is 12.9. The van der Waals surface area contributed by atoms with E-state index in [4.69, 9.17) is 14.6 Å². The van der Waals surface area contributed by atoms with Crippen LogP contribution in [0.2, 0.25) is 0 Å². The summed E-state index contributed by atoms with van der Waals surface area (Å²) >= 11 is 0. The molecular formula is C26H26F3NO4. The summed E-state index contributed by atoms with van der Waals surface area (Å²) in [6.45, 7) is 3.44. The second-order valence-electron chi connectivity index (χ2n) is 7.88. The largest absolute Gasteiger partial charge is 0.484 e. The van der Waals surface area contributed by atoms with E-state index >= 15 is 0 Å². The first-order valence-corrected chi connectivity index (χ1v) is 10.9. The zero-order valence-corrected chi connectivity index (χ0v) is 18.9. The number of unbranched alkanes of at least 4 members (excludes halogenated alkanes) is 1. The number of carboxylic acid groups (broad SMARTS) is 1. The van der Waals surface area contributed by atoms with Crippen molar-refractivity contribution in [1.29, 1.82) is 0 Å². The third-order valence-electron chi connectivity index (χ3n) is 5.20. The van der Waals surface area contributed by atoms with Gasteiger partial charge in [-0.05, 0) is 67.8 Å². The van der Waals surface area contributed by atoms with Crippen LogP contribution in [0, 0.1) is 6.92 Å². The topological polar surface area (TPSA) is 68.7 Å². The van der Waals surface area contributed by atoms with E-state index in [2.05, 4.69) is 11.9 Å². The van der Waals surface area contributed by atoms with E-state index in [1.807, 2.05) is 12.1 Å². The molecule has 2 aromatic carbocycles. The molecule has 0 saturated heterocycles. The Morgan fingerprint density at radius 3 is 2.44 bits per heavy atom. The predicted octanol–water partition coefficient (Wildman–Crippen LogP) is 6.85. The summed E-state index contributed by atoms with van der Waals surface area (Å²) in [7, 11) is 0. The van der Waals surface area contributed by atoms with Crippen molar-refractivity contribution in [1.82, 2.24) is 4.98 Å². The van der Waals surface area contributed by atoms with Crippen LogP contribution < -0.4 is 9.47 Å². The Labute approximate surface area is 196 Å². The molecule has 1 N–H and O–H groups in total. The number of benzene rings is 2. The summed E-state index contributed by atoms with van der Waals surface area (Å²) in [6.07, 6.45) is -2.19. The molecule has 1 unspecified atom stereocenters. The van der Waals surface area contributed by atoms with Gasteiger partial charge in [0.05, 0.1) is 17.0 Å². The van der Waals surface area contributed by atoms with Gasteiger partial charge in [0, 0.05) is 5.56 Å². The van der Waals surface area contributed by atoms with E-state index in [0.717, 1.165) is 30.5 Å². The third-order valence-corrected chi connectivity index (χ3v) is 5.20. The van der Waals surface area contributed by atoms with Gasteiger partial charge in [0.15, 0.2) is 6.61 Å². The van der Waals surface area contributed by atoms with Gasteiger partial charge in [0.2, 0.25) is 0 Å². The van der Waals surface area contributed by atoms with Gasteiger partial charge in [0.1, 0.15) is 17.6 Å². The van der Waals surface area contributed by atoms with Crippen molar-refractivity contribution < 1.29 is 32.5 Å². The summed E-state index contributed by atoms with van der Waals surface area (Å²) in [5.41, 5.74) is 1.85. The van der Waals surface area contributed by atoms with Crippen molar-refractivity contribution in [3.63, 3.8) is 0 Å². The van der Waals surface area contributed by atoms with Crippen LogP contribution in [0.25, 0.3) is 11.3 Å². The molecule has 0 amide bonds. The highest BCUT2D eigenvalue weighted by molar-refractivity contribution is 5.68. The van der Waals surface area contributed by atoms with Crippen molar-refractivity contribution in [2.45, 2.75) is 45.4 Å². The Bertz CT molecular complexity index is 1110. The minimum Gasteiger partial charge on any atom is -0.484 e. The molecule has 0 aliphatic heterocycles. The van der Waals surface area contributed by atoms with Crippen LogP contribution >= 0.6 is 0 Å². The number of hydrogen-bond acceptors (Lipinski definition) is 4. The Morgan fingerprint density at radius 1 is 1.09 bits per heavy atom. The molecule has 3 aromatic rings. The average molecular weight is 473 g/mol. The first-order chi connectivity index (χ1) is 16.2. The van der Waals surface area contributed by atoms with Crippen LogP contribution in [0.5, 0.6) is 11.5 Å². The molecule has 0 spiro atoms. The highest BCUT2D eigenvalue weighted by Crippen LogP contribution is 2.32. The fourth-order valence-electron chi connectivity index (χ4n) is 3.44. The molecule has 1 heterocycles. The fourth-order valence-corrected chi connectivity index (χ4v) is 3.44. The van der Waals surface area contributed by atoms with Crippen LogP contribution in [0.4, 0.5) is 13.2 Å². The summed E-state index contributed by atoms with van der Waals surface area (Å²) < 4.78 is 50.1. The minimum atomic E-state index is -4.39. The number of aliphatic carboxylic acids is 1. The average Bonchev–Trinajstić information content (AvgIpc) is 2.80. The summed E-state index contributed by atoms with van der Waals surface area (Å²) in [6, 6.07) is 15.5. The lowest BCUT2D eigenvalue weighted by atomic mass is 10.1. The second-order valence-corrected chi connectivity index (χ2v) is 7.88. The molecule has 0 radical (unpaired) electrons. The van der Waals surface area contributed by atoms with Gasteiger partial charge in [0.25, 0.3) is 0 Å². The van der Waals surface area contributed by atoms with Crippen LogP contribution in [0.15, 0.2) is 60.7 Å². The number of rotatable bonds is 10. The van der Waals surface area contributed by atoms with Crippen LogP contribution in [0.1, 0.15) is 49.1 Å². The summed E-state index contributed by atoms with van der Waals surface area (Å²) in [5.74, 6) is -0.0105. The summed E-state index contributed by atoms with van der Waals surface area (Å²) in [4.78, 5) is 15.4. The van der Waals surface area contributed by atoms with E-state index < -0.39 is 24.3 Å². The molecule has 0 fully saturated rings. The number of ether oxygens (including phenoxy) is 2. The lowest BCUT2D eigenvalue weighted by Gasteiger charge is -2.20. The molecule has 1 atom stereocenters. The number of carboxylic acids is 1. The van der Waals surface area contributed by atoms with Crippen molar-refractivity contribution in [2.24, 2.45) is 0 Å². The van der Waals surface area contributed by atoms with Crippen LogP contribution in [-0.2, 0) is 11.0 Å². The molecule has 3 rings (SSSR count). The summed E-state index contributed by atoms with van der Waals surface area (Å²) in [5, 5.41) is 8.79. The number of pyridine rings is 1. The van der Waals surface area contributed by atoms with E-state index in [1.165, 1.54) is 12.1 Å². The van der Waals surface area contributed by atoms with E-state index in [-0.39, 0.29) is 6.10 Å². The molecule has 34 heavy (non-hydrogen) atoms. The number of halogens is 3. The van der Waals surface area contributed by atoms with Gasteiger partial charge in [-0.25, -0.2) is 9.78 Å². The molecule has 0 aliphatic rings. The SMILES string of the molecule is CCCCC(Oc1ccc(OCC(=O)O)c(C)c1)c1cccc(-c2ccc(C(F)(F)F)cc2)n1. The second kappa shape index (κ2) is 11.0. The molecule has 0 bridgehead atoms. The molecular weight excluding hydrogens is 447 g/mol. The van der Waals surface area contributed by atoms with Crippen LogP contribution in [0.3, 0.4) is 0 Å². The Morgan fingerprint density at radius 2 is 1.82 bits per heavy atom. The normalized spacial score (nSPS) is 12.3. The molecule has 0 aliphatic carbocycles. The standard InChI is InChI=1S/C26H26F3NO4/c1-3-4-8-24(34-20-13-14-23(17(2)15-20)33-16-25(31)32)22-7-5-6-21(30-22)18-9-11-19(12-10-18)26(27,28)29/h5-7,9-15,24H,3-4,8,16H2,1-2H3,(H,31,32). The number of nitrogens with zero attached hydrogens (tertiary/aromatic N) is 1. The molecule has 8 heteroatoms. The molecule has 0 saturated carbocycles. The van der Waals surface area contributed by atoms with E-state index in [0.29, 0.717) is 34.9 Å².